The van der Waals surface area contributed by atoms with Crippen LogP contribution in [0, 0.1) is 5.41 Å². The van der Waals surface area contributed by atoms with Crippen LogP contribution >= 0.6 is 0 Å². The number of likely N-dealkylation sites (N-methyl/N-ethyl adjacent to an activating group) is 1. The number of ether oxygens (including phenoxy) is 1. The van der Waals surface area contributed by atoms with E-state index in [1.807, 2.05) is 12.1 Å². The van der Waals surface area contributed by atoms with Crippen molar-refractivity contribution in [2.24, 2.45) is 16.1 Å². The zero-order valence-corrected chi connectivity index (χ0v) is 14.6. The molecule has 7 heteroatoms. The van der Waals surface area contributed by atoms with Crippen LogP contribution in [0.5, 0.6) is 5.75 Å². The predicted octanol–water partition coefficient (Wildman–Crippen LogP) is 0.501. The Balaban J connectivity index is 1.92. The van der Waals surface area contributed by atoms with Crippen molar-refractivity contribution in [3.05, 3.63) is 54.1 Å². The Morgan fingerprint density at radius 2 is 1.85 bits per heavy atom. The maximum absolute atomic E-state index is 11.7. The van der Waals surface area contributed by atoms with E-state index in [-0.39, 0.29) is 18.2 Å². The number of benzene rings is 1. The van der Waals surface area contributed by atoms with Gasteiger partial charge >= 0.3 is 0 Å². The summed E-state index contributed by atoms with van der Waals surface area (Å²) in [6.07, 6.45) is 6.58. The van der Waals surface area contributed by atoms with Crippen LogP contribution in [0.25, 0.3) is 0 Å². The van der Waals surface area contributed by atoms with E-state index in [2.05, 4.69) is 4.99 Å². The summed E-state index contributed by atoms with van der Waals surface area (Å²) in [7, 11) is 3.18. The summed E-state index contributed by atoms with van der Waals surface area (Å²) in [5.74, 6) is -0.00534. The molecule has 4 N–H and O–H groups in total. The van der Waals surface area contributed by atoms with Crippen LogP contribution in [0.3, 0.4) is 0 Å². The number of methoxy groups -OCH3 is 1. The van der Waals surface area contributed by atoms with Crippen LogP contribution < -0.4 is 10.5 Å². The third-order valence-electron chi connectivity index (χ3n) is 5.83. The molecule has 0 aromatic heterocycles. The minimum absolute atomic E-state index is 0.0724. The molecule has 3 aliphatic rings. The second-order valence-electron chi connectivity index (χ2n) is 7.14. The minimum atomic E-state index is -1.85. The van der Waals surface area contributed by atoms with Gasteiger partial charge in [-0.15, -0.1) is 0 Å². The van der Waals surface area contributed by atoms with Crippen molar-refractivity contribution in [1.82, 2.24) is 4.90 Å². The molecule has 1 spiro atoms. The van der Waals surface area contributed by atoms with Crippen LogP contribution in [0.2, 0.25) is 0 Å². The van der Waals surface area contributed by atoms with E-state index in [9.17, 15) is 15.0 Å². The standard InChI is InChI=1S/C19H21N3O4/c1-22-16(20)21-19(25)15(12-3-5-14(26-2)6-4-12)17(11-18(19,22)24)9-7-13(23)8-10-17/h3-10,15,24-25H,11H2,1-2H3,(H2,20,21)/t15-,18-,19+/m0/s1. The molecule has 26 heavy (non-hydrogen) atoms. The van der Waals surface area contributed by atoms with Gasteiger partial charge in [-0.25, -0.2) is 4.99 Å². The summed E-state index contributed by atoms with van der Waals surface area (Å²) >= 11 is 0. The van der Waals surface area contributed by atoms with Gasteiger partial charge < -0.3 is 25.6 Å². The Labute approximate surface area is 151 Å². The first-order valence-electron chi connectivity index (χ1n) is 8.36. The quantitative estimate of drug-likeness (QED) is 0.713. The fourth-order valence-corrected chi connectivity index (χ4v) is 4.46. The highest BCUT2D eigenvalue weighted by Crippen LogP contribution is 2.64. The maximum Gasteiger partial charge on any atom is 0.216 e. The summed E-state index contributed by atoms with van der Waals surface area (Å²) in [5, 5.41) is 22.9. The summed E-state index contributed by atoms with van der Waals surface area (Å²) in [6, 6.07) is 7.24. The molecule has 2 aliphatic carbocycles. The van der Waals surface area contributed by atoms with Crippen molar-refractivity contribution >= 4 is 11.7 Å². The van der Waals surface area contributed by atoms with E-state index in [4.69, 9.17) is 10.5 Å². The predicted molar refractivity (Wildman–Crippen MR) is 95.4 cm³/mol. The molecule has 1 aromatic carbocycles. The highest BCUT2D eigenvalue weighted by atomic mass is 16.5. The highest BCUT2D eigenvalue weighted by Gasteiger charge is 2.73. The molecule has 1 aliphatic heterocycles. The van der Waals surface area contributed by atoms with Gasteiger partial charge in [0.25, 0.3) is 0 Å². The van der Waals surface area contributed by atoms with E-state index in [0.717, 1.165) is 5.56 Å². The van der Waals surface area contributed by atoms with Crippen molar-refractivity contribution < 1.29 is 19.7 Å². The van der Waals surface area contributed by atoms with Crippen LogP contribution in [0.15, 0.2) is 53.6 Å². The van der Waals surface area contributed by atoms with Crippen LogP contribution in [0.4, 0.5) is 0 Å². The number of guanidine groups is 1. The second-order valence-corrected chi connectivity index (χ2v) is 7.14. The van der Waals surface area contributed by atoms with E-state index in [1.165, 1.54) is 17.1 Å². The number of ketones is 1. The number of carbonyl (C=O) groups is 1. The average molecular weight is 355 g/mol. The first-order chi connectivity index (χ1) is 12.3. The molecule has 7 nitrogen and oxygen atoms in total. The Bertz CT molecular complexity index is 844. The Kier molecular flexibility index (Phi) is 3.35. The summed E-state index contributed by atoms with van der Waals surface area (Å²) < 4.78 is 5.21. The summed E-state index contributed by atoms with van der Waals surface area (Å²) in [4.78, 5) is 17.3. The molecular formula is C19H21N3O4. The minimum Gasteiger partial charge on any atom is -0.497 e. The fraction of sp³-hybridized carbons (Fsp3) is 0.368. The first kappa shape index (κ1) is 16.8. The van der Waals surface area contributed by atoms with Gasteiger partial charge in [-0.1, -0.05) is 24.3 Å². The average Bonchev–Trinajstić information content (AvgIpc) is 2.91. The third kappa shape index (κ3) is 1.95. The first-order valence-corrected chi connectivity index (χ1v) is 8.36. The van der Waals surface area contributed by atoms with E-state index in [0.29, 0.717) is 5.75 Å². The molecular weight excluding hydrogens is 334 g/mol. The molecule has 136 valence electrons. The van der Waals surface area contributed by atoms with Gasteiger partial charge in [-0.05, 0) is 29.8 Å². The Morgan fingerprint density at radius 3 is 2.42 bits per heavy atom. The number of hydrogen-bond donors (Lipinski definition) is 3. The zero-order valence-electron chi connectivity index (χ0n) is 14.6. The smallest absolute Gasteiger partial charge is 0.216 e. The lowest BCUT2D eigenvalue weighted by Gasteiger charge is -2.37. The number of nitrogens with two attached hydrogens (primary N) is 1. The Morgan fingerprint density at radius 1 is 1.23 bits per heavy atom. The molecule has 1 heterocycles. The SMILES string of the molecule is COc1ccc([C@H]2C3(C=CC(=O)C=C3)C[C@@]3(O)N(C)C(N)=N[C@@]23O)cc1. The molecule has 0 saturated heterocycles. The van der Waals surface area contributed by atoms with E-state index < -0.39 is 22.8 Å². The molecule has 1 aromatic rings. The number of aliphatic imine (C=N–C) groups is 1. The number of carbonyl (C=O) groups excluding carboxylic acids is 1. The fourth-order valence-electron chi connectivity index (χ4n) is 4.46. The molecule has 4 rings (SSSR count). The molecule has 0 bridgehead atoms. The Hall–Kier alpha value is -2.64. The second kappa shape index (κ2) is 5.18. The lowest BCUT2D eigenvalue weighted by atomic mass is 9.70. The molecule has 3 atom stereocenters. The number of hydrogen-bond acceptors (Lipinski definition) is 7. The van der Waals surface area contributed by atoms with Crippen molar-refractivity contribution in [1.29, 1.82) is 0 Å². The number of nitrogens with zero attached hydrogens (tertiary/aromatic N) is 2. The van der Waals surface area contributed by atoms with E-state index in [1.54, 1.807) is 38.4 Å². The molecule has 0 radical (unpaired) electrons. The van der Waals surface area contributed by atoms with Gasteiger partial charge in [-0.3, -0.25) is 4.79 Å². The number of aliphatic hydroxyl groups is 2. The van der Waals surface area contributed by atoms with Gasteiger partial charge in [0.1, 0.15) is 5.75 Å². The molecule has 0 amide bonds. The van der Waals surface area contributed by atoms with Gasteiger partial charge in [0.15, 0.2) is 17.5 Å². The molecule has 1 fully saturated rings. The van der Waals surface area contributed by atoms with Gasteiger partial charge in [-0.2, -0.15) is 0 Å². The number of allylic oxidation sites excluding steroid dienone is 4. The number of rotatable bonds is 2. The lowest BCUT2D eigenvalue weighted by molar-refractivity contribution is -0.173. The summed E-state index contributed by atoms with van der Waals surface area (Å²) in [6.45, 7) is 0. The monoisotopic (exact) mass is 355 g/mol. The van der Waals surface area contributed by atoms with Crippen molar-refractivity contribution in [3.8, 4) is 5.75 Å². The van der Waals surface area contributed by atoms with Gasteiger partial charge in [0, 0.05) is 18.9 Å². The summed E-state index contributed by atoms with van der Waals surface area (Å²) in [5.41, 5.74) is 2.37. The highest BCUT2D eigenvalue weighted by molar-refractivity contribution is 6.00. The van der Waals surface area contributed by atoms with Crippen molar-refractivity contribution in [2.45, 2.75) is 23.8 Å². The molecule has 0 unspecified atom stereocenters. The maximum atomic E-state index is 11.7. The van der Waals surface area contributed by atoms with Gasteiger partial charge in [0.05, 0.1) is 13.0 Å². The van der Waals surface area contributed by atoms with Crippen LogP contribution in [0.1, 0.15) is 17.9 Å². The van der Waals surface area contributed by atoms with Crippen LogP contribution in [-0.2, 0) is 4.79 Å². The number of fused-ring (bicyclic) bond motifs is 1. The molecule has 1 saturated carbocycles. The zero-order chi connectivity index (χ0) is 18.7. The topological polar surface area (TPSA) is 108 Å². The van der Waals surface area contributed by atoms with Crippen molar-refractivity contribution in [3.63, 3.8) is 0 Å². The van der Waals surface area contributed by atoms with Crippen molar-refractivity contribution in [2.75, 3.05) is 14.2 Å². The lowest BCUT2D eigenvalue weighted by Crippen LogP contribution is -2.57. The normalized spacial score (nSPS) is 34.3. The van der Waals surface area contributed by atoms with Crippen LogP contribution in [-0.4, -0.2) is 52.5 Å². The largest absolute Gasteiger partial charge is 0.497 e. The van der Waals surface area contributed by atoms with Gasteiger partial charge in [0.2, 0.25) is 5.72 Å². The third-order valence-corrected chi connectivity index (χ3v) is 5.83. The van der Waals surface area contributed by atoms with E-state index >= 15 is 0 Å².